The summed E-state index contributed by atoms with van der Waals surface area (Å²) in [7, 11) is 1.32. The number of carbonyl (C=O) groups is 2. The van der Waals surface area contributed by atoms with Crippen LogP contribution in [0.15, 0.2) is 36.4 Å². The minimum atomic E-state index is -0.913. The van der Waals surface area contributed by atoms with Gasteiger partial charge in [-0.3, -0.25) is 19.7 Å². The highest BCUT2D eigenvalue weighted by molar-refractivity contribution is 6.43. The molecule has 0 spiro atoms. The zero-order valence-electron chi connectivity index (χ0n) is 16.8. The topological polar surface area (TPSA) is 114 Å². The Labute approximate surface area is 168 Å². The number of hydrogen-bond donors (Lipinski definition) is 2. The molecule has 0 atom stereocenters. The van der Waals surface area contributed by atoms with Gasteiger partial charge in [0.15, 0.2) is 0 Å². The van der Waals surface area contributed by atoms with Gasteiger partial charge in [0, 0.05) is 30.5 Å². The van der Waals surface area contributed by atoms with E-state index in [-0.39, 0.29) is 17.1 Å². The van der Waals surface area contributed by atoms with Gasteiger partial charge >= 0.3 is 11.8 Å². The van der Waals surface area contributed by atoms with Crippen LogP contribution in [0.1, 0.15) is 19.4 Å². The second-order valence-corrected chi connectivity index (χ2v) is 6.22. The Kier molecular flexibility index (Phi) is 7.13. The highest BCUT2D eigenvalue weighted by Crippen LogP contribution is 2.29. The van der Waals surface area contributed by atoms with Gasteiger partial charge in [0.1, 0.15) is 5.75 Å². The van der Waals surface area contributed by atoms with Crippen LogP contribution in [-0.4, -0.2) is 36.9 Å². The van der Waals surface area contributed by atoms with Crippen molar-refractivity contribution in [1.82, 2.24) is 0 Å². The van der Waals surface area contributed by atoms with Crippen molar-refractivity contribution in [3.63, 3.8) is 0 Å². The van der Waals surface area contributed by atoms with Crippen LogP contribution in [0.2, 0.25) is 0 Å². The molecule has 0 aliphatic carbocycles. The van der Waals surface area contributed by atoms with Gasteiger partial charge in [-0.2, -0.15) is 0 Å². The predicted octanol–water partition coefficient (Wildman–Crippen LogP) is 3.34. The van der Waals surface area contributed by atoms with E-state index in [1.54, 1.807) is 6.07 Å². The number of ether oxygens (including phenoxy) is 1. The normalized spacial score (nSPS) is 10.2. The molecule has 9 nitrogen and oxygen atoms in total. The van der Waals surface area contributed by atoms with Crippen LogP contribution in [0.5, 0.6) is 5.75 Å². The molecule has 2 amide bonds. The van der Waals surface area contributed by atoms with Crippen molar-refractivity contribution in [2.24, 2.45) is 0 Å². The van der Waals surface area contributed by atoms with Crippen molar-refractivity contribution in [1.29, 1.82) is 0 Å². The number of amides is 2. The van der Waals surface area contributed by atoms with E-state index in [1.165, 1.54) is 25.3 Å². The quantitative estimate of drug-likeness (QED) is 0.419. The number of benzene rings is 2. The first kappa shape index (κ1) is 21.7. The molecule has 0 saturated heterocycles. The standard InChI is InChI=1S/C20H24N4O5/c1-5-23(6-2)14-7-9-16(13(3)11-14)21-19(25)20(26)22-17-10-8-15(24(27)28)12-18(17)29-4/h7-12H,5-6H2,1-4H3,(H,21,25)(H,22,26). The van der Waals surface area contributed by atoms with Crippen LogP contribution < -0.4 is 20.3 Å². The molecule has 2 aromatic carbocycles. The Morgan fingerprint density at radius 3 is 2.14 bits per heavy atom. The third-order valence-corrected chi connectivity index (χ3v) is 4.44. The first-order valence-corrected chi connectivity index (χ1v) is 9.11. The number of rotatable bonds is 7. The molecule has 0 fully saturated rings. The fraction of sp³-hybridized carbons (Fsp3) is 0.300. The second-order valence-electron chi connectivity index (χ2n) is 6.22. The SMILES string of the molecule is CCN(CC)c1ccc(NC(=O)C(=O)Nc2ccc([N+](=O)[O-])cc2OC)c(C)c1. The van der Waals surface area contributed by atoms with E-state index in [2.05, 4.69) is 29.4 Å². The minimum Gasteiger partial charge on any atom is -0.494 e. The molecule has 2 rings (SSSR count). The zero-order chi connectivity index (χ0) is 21.6. The number of nitrogens with zero attached hydrogens (tertiary/aromatic N) is 2. The van der Waals surface area contributed by atoms with E-state index in [0.29, 0.717) is 5.69 Å². The van der Waals surface area contributed by atoms with Gasteiger partial charge in [0.25, 0.3) is 5.69 Å². The molecular formula is C20H24N4O5. The highest BCUT2D eigenvalue weighted by Gasteiger charge is 2.19. The van der Waals surface area contributed by atoms with E-state index in [0.717, 1.165) is 24.3 Å². The van der Waals surface area contributed by atoms with Crippen molar-refractivity contribution < 1.29 is 19.2 Å². The smallest absolute Gasteiger partial charge is 0.314 e. The maximum atomic E-state index is 12.3. The number of anilines is 3. The maximum Gasteiger partial charge on any atom is 0.314 e. The summed E-state index contributed by atoms with van der Waals surface area (Å²) in [4.78, 5) is 37.0. The van der Waals surface area contributed by atoms with Crippen LogP contribution in [0.4, 0.5) is 22.7 Å². The summed E-state index contributed by atoms with van der Waals surface area (Å²) in [5.41, 5.74) is 2.35. The summed E-state index contributed by atoms with van der Waals surface area (Å²) in [6, 6.07) is 9.27. The van der Waals surface area contributed by atoms with Crippen molar-refractivity contribution in [2.45, 2.75) is 20.8 Å². The second kappa shape index (κ2) is 9.54. The van der Waals surface area contributed by atoms with Gasteiger partial charge in [-0.25, -0.2) is 0 Å². The minimum absolute atomic E-state index is 0.0834. The fourth-order valence-electron chi connectivity index (χ4n) is 2.83. The molecule has 0 aliphatic rings. The maximum absolute atomic E-state index is 12.3. The molecular weight excluding hydrogens is 376 g/mol. The molecule has 2 aromatic rings. The van der Waals surface area contributed by atoms with E-state index in [1.807, 2.05) is 19.1 Å². The van der Waals surface area contributed by atoms with Gasteiger partial charge in [0.05, 0.1) is 23.8 Å². The lowest BCUT2D eigenvalue weighted by atomic mass is 10.1. The molecule has 0 aromatic heterocycles. The lowest BCUT2D eigenvalue weighted by Gasteiger charge is -2.22. The van der Waals surface area contributed by atoms with Gasteiger partial charge in [-0.15, -0.1) is 0 Å². The lowest BCUT2D eigenvalue weighted by molar-refractivity contribution is -0.384. The van der Waals surface area contributed by atoms with Gasteiger partial charge in [-0.05, 0) is 50.6 Å². The van der Waals surface area contributed by atoms with Crippen molar-refractivity contribution in [2.75, 3.05) is 35.7 Å². The number of carbonyl (C=O) groups excluding carboxylic acids is 2. The van der Waals surface area contributed by atoms with Crippen LogP contribution >= 0.6 is 0 Å². The number of aryl methyl sites for hydroxylation is 1. The molecule has 154 valence electrons. The Morgan fingerprint density at radius 2 is 1.62 bits per heavy atom. The van der Waals surface area contributed by atoms with Crippen LogP contribution in [0.3, 0.4) is 0 Å². The summed E-state index contributed by atoms with van der Waals surface area (Å²) >= 11 is 0. The number of methoxy groups -OCH3 is 1. The molecule has 0 saturated carbocycles. The average Bonchev–Trinajstić information content (AvgIpc) is 2.70. The van der Waals surface area contributed by atoms with E-state index < -0.39 is 16.7 Å². The number of non-ortho nitro benzene ring substituents is 1. The lowest BCUT2D eigenvalue weighted by Crippen LogP contribution is -2.29. The average molecular weight is 400 g/mol. The third kappa shape index (κ3) is 5.22. The molecule has 0 bridgehead atoms. The summed E-state index contributed by atoms with van der Waals surface area (Å²) in [6.07, 6.45) is 0. The predicted molar refractivity (Wildman–Crippen MR) is 112 cm³/mol. The molecule has 29 heavy (non-hydrogen) atoms. The molecule has 0 radical (unpaired) electrons. The summed E-state index contributed by atoms with van der Waals surface area (Å²) in [6.45, 7) is 7.69. The molecule has 0 unspecified atom stereocenters. The molecule has 0 heterocycles. The van der Waals surface area contributed by atoms with Crippen LogP contribution in [0.25, 0.3) is 0 Å². The first-order valence-electron chi connectivity index (χ1n) is 9.11. The summed E-state index contributed by atoms with van der Waals surface area (Å²) < 4.78 is 5.06. The summed E-state index contributed by atoms with van der Waals surface area (Å²) in [5.74, 6) is -1.69. The molecule has 0 aliphatic heterocycles. The summed E-state index contributed by atoms with van der Waals surface area (Å²) in [5, 5.41) is 15.8. The van der Waals surface area contributed by atoms with E-state index in [4.69, 9.17) is 4.74 Å². The van der Waals surface area contributed by atoms with E-state index >= 15 is 0 Å². The van der Waals surface area contributed by atoms with E-state index in [9.17, 15) is 19.7 Å². The fourth-order valence-corrected chi connectivity index (χ4v) is 2.83. The van der Waals surface area contributed by atoms with Gasteiger partial charge < -0.3 is 20.3 Å². The Morgan fingerprint density at radius 1 is 1.03 bits per heavy atom. The monoisotopic (exact) mass is 400 g/mol. The number of nitro groups is 1. The van der Waals surface area contributed by atoms with Crippen molar-refractivity contribution in [3.05, 3.63) is 52.1 Å². The molecule has 2 N–H and O–H groups in total. The highest BCUT2D eigenvalue weighted by atomic mass is 16.6. The van der Waals surface area contributed by atoms with Gasteiger partial charge in [-0.1, -0.05) is 0 Å². The number of nitro benzene ring substituents is 1. The Balaban J connectivity index is 2.12. The molecule has 9 heteroatoms. The number of nitrogens with one attached hydrogen (secondary N) is 2. The van der Waals surface area contributed by atoms with Crippen molar-refractivity contribution in [3.8, 4) is 5.75 Å². The third-order valence-electron chi connectivity index (χ3n) is 4.44. The van der Waals surface area contributed by atoms with Crippen LogP contribution in [-0.2, 0) is 9.59 Å². The van der Waals surface area contributed by atoms with Gasteiger partial charge in [0.2, 0.25) is 0 Å². The Hall–Kier alpha value is -3.62. The zero-order valence-corrected chi connectivity index (χ0v) is 16.8. The largest absolute Gasteiger partial charge is 0.494 e. The van der Waals surface area contributed by atoms with Crippen LogP contribution in [0, 0.1) is 17.0 Å². The van der Waals surface area contributed by atoms with Crippen molar-refractivity contribution >= 4 is 34.6 Å². The Bertz CT molecular complexity index is 925. The first-order chi connectivity index (χ1) is 13.8. The number of hydrogen-bond acceptors (Lipinski definition) is 6.